The van der Waals surface area contributed by atoms with Crippen molar-refractivity contribution in [3.05, 3.63) is 23.0 Å². The Morgan fingerprint density at radius 2 is 2.32 bits per heavy atom. The van der Waals surface area contributed by atoms with E-state index in [1.54, 1.807) is 16.8 Å². The Hall–Kier alpha value is -1.53. The highest BCUT2D eigenvalue weighted by atomic mass is 35.5. The molecule has 1 fully saturated rings. The number of carboxylic acid groups (broad SMARTS) is 1. The Kier molecular flexibility index (Phi) is 4.11. The lowest BCUT2D eigenvalue weighted by Crippen LogP contribution is -2.48. The van der Waals surface area contributed by atoms with Crippen LogP contribution in [0.2, 0.25) is 5.02 Å². The van der Waals surface area contributed by atoms with Crippen LogP contribution in [0, 0.1) is 0 Å². The van der Waals surface area contributed by atoms with Crippen LogP contribution in [0.15, 0.2) is 12.3 Å². The molecular weight excluding hydrogens is 272 g/mol. The van der Waals surface area contributed by atoms with Gasteiger partial charge in [-0.15, -0.1) is 0 Å². The number of carbonyl (C=O) groups excluding carboxylic acids is 1. The van der Waals surface area contributed by atoms with E-state index in [0.29, 0.717) is 23.8 Å². The molecule has 1 saturated heterocycles. The highest BCUT2D eigenvalue weighted by molar-refractivity contribution is 6.31. The number of hydrogen-bond donors (Lipinski definition) is 1. The molecule has 1 unspecified atom stereocenters. The average molecular weight is 287 g/mol. The number of carbonyl (C=O) groups is 2. The fraction of sp³-hybridized carbons (Fsp3) is 0.500. The van der Waals surface area contributed by atoms with Crippen molar-refractivity contribution in [3.8, 4) is 0 Å². The molecule has 1 amide bonds. The summed E-state index contributed by atoms with van der Waals surface area (Å²) in [6.07, 6.45) is 0.724. The fourth-order valence-electron chi connectivity index (χ4n) is 2.06. The lowest BCUT2D eigenvalue weighted by atomic mass is 10.2. The van der Waals surface area contributed by atoms with Gasteiger partial charge >= 0.3 is 5.97 Å². The molecule has 6 nitrogen and oxygen atoms in total. The van der Waals surface area contributed by atoms with Gasteiger partial charge in [-0.05, 0) is 13.0 Å². The lowest BCUT2D eigenvalue weighted by Gasteiger charge is -2.31. The minimum absolute atomic E-state index is 0.0562. The molecule has 1 aromatic heterocycles. The zero-order valence-electron chi connectivity index (χ0n) is 10.5. The molecule has 0 spiro atoms. The van der Waals surface area contributed by atoms with E-state index in [9.17, 15) is 9.59 Å². The van der Waals surface area contributed by atoms with Crippen molar-refractivity contribution in [2.24, 2.45) is 0 Å². The minimum Gasteiger partial charge on any atom is -0.479 e. The van der Waals surface area contributed by atoms with E-state index in [1.165, 1.54) is 4.90 Å². The third kappa shape index (κ3) is 2.90. The second kappa shape index (κ2) is 5.63. The Balaban J connectivity index is 2.16. The number of halogens is 1. The number of rotatable bonds is 3. The quantitative estimate of drug-likeness (QED) is 0.903. The third-order valence-corrected chi connectivity index (χ3v) is 3.26. The predicted octanol–water partition coefficient (Wildman–Crippen LogP) is 1.09. The molecule has 1 atom stereocenters. The van der Waals surface area contributed by atoms with Crippen LogP contribution in [-0.2, 0) is 16.1 Å². The number of ether oxygens (including phenoxy) is 1. The van der Waals surface area contributed by atoms with Crippen LogP contribution >= 0.6 is 11.6 Å². The van der Waals surface area contributed by atoms with E-state index in [1.807, 2.05) is 6.92 Å². The molecule has 0 saturated carbocycles. The maximum Gasteiger partial charge on any atom is 0.334 e. The zero-order chi connectivity index (χ0) is 14.0. The maximum absolute atomic E-state index is 12.4. The normalized spacial score (nSPS) is 19.5. The van der Waals surface area contributed by atoms with Gasteiger partial charge in [0.1, 0.15) is 5.69 Å². The first-order valence-corrected chi connectivity index (χ1v) is 6.40. The van der Waals surface area contributed by atoms with E-state index in [-0.39, 0.29) is 19.1 Å². The molecular formula is C12H15ClN2O4. The number of nitrogens with zero attached hydrogens (tertiary/aromatic N) is 2. The molecule has 7 heteroatoms. The van der Waals surface area contributed by atoms with Gasteiger partial charge in [0.2, 0.25) is 0 Å². The van der Waals surface area contributed by atoms with Crippen molar-refractivity contribution < 1.29 is 19.4 Å². The molecule has 1 aliphatic heterocycles. The van der Waals surface area contributed by atoms with Crippen molar-refractivity contribution in [1.82, 2.24) is 9.47 Å². The van der Waals surface area contributed by atoms with E-state index in [0.717, 1.165) is 0 Å². The second-order valence-corrected chi connectivity index (χ2v) is 4.71. The summed E-state index contributed by atoms with van der Waals surface area (Å²) >= 11 is 5.90. The largest absolute Gasteiger partial charge is 0.479 e. The summed E-state index contributed by atoms with van der Waals surface area (Å²) in [4.78, 5) is 24.7. The van der Waals surface area contributed by atoms with Gasteiger partial charge in [0, 0.05) is 19.3 Å². The SMILES string of the molecule is CCn1cc(Cl)cc1C(=O)N1CCOC(C(=O)O)C1. The minimum atomic E-state index is -1.05. The summed E-state index contributed by atoms with van der Waals surface area (Å²) in [6, 6.07) is 1.60. The van der Waals surface area contributed by atoms with E-state index < -0.39 is 12.1 Å². The number of morpholine rings is 1. The number of aryl methyl sites for hydroxylation is 1. The Bertz CT molecular complexity index is 500. The van der Waals surface area contributed by atoms with Crippen LogP contribution in [0.3, 0.4) is 0 Å². The predicted molar refractivity (Wildman–Crippen MR) is 68.4 cm³/mol. The fourth-order valence-corrected chi connectivity index (χ4v) is 2.28. The summed E-state index contributed by atoms with van der Waals surface area (Å²) < 4.78 is 6.84. The van der Waals surface area contributed by atoms with Gasteiger partial charge in [-0.25, -0.2) is 4.79 Å². The summed E-state index contributed by atoms with van der Waals surface area (Å²) in [5.74, 6) is -1.27. The van der Waals surface area contributed by atoms with E-state index >= 15 is 0 Å². The number of carboxylic acids is 1. The average Bonchev–Trinajstić information content (AvgIpc) is 2.79. The van der Waals surface area contributed by atoms with Gasteiger partial charge in [-0.1, -0.05) is 11.6 Å². The molecule has 1 aliphatic rings. The monoisotopic (exact) mass is 286 g/mol. The van der Waals surface area contributed by atoms with Crippen molar-refractivity contribution >= 4 is 23.5 Å². The summed E-state index contributed by atoms with van der Waals surface area (Å²) in [6.45, 7) is 3.20. The number of aromatic nitrogens is 1. The third-order valence-electron chi connectivity index (χ3n) is 3.05. The second-order valence-electron chi connectivity index (χ2n) is 4.28. The van der Waals surface area contributed by atoms with E-state index in [4.69, 9.17) is 21.4 Å². The summed E-state index contributed by atoms with van der Waals surface area (Å²) in [7, 11) is 0. The summed E-state index contributed by atoms with van der Waals surface area (Å²) in [5.41, 5.74) is 0.471. The van der Waals surface area contributed by atoms with Gasteiger partial charge in [0.15, 0.2) is 6.10 Å². The van der Waals surface area contributed by atoms with Crippen LogP contribution in [0.1, 0.15) is 17.4 Å². The highest BCUT2D eigenvalue weighted by Crippen LogP contribution is 2.17. The summed E-state index contributed by atoms with van der Waals surface area (Å²) in [5, 5.41) is 9.42. The first-order chi connectivity index (χ1) is 9.02. The van der Waals surface area contributed by atoms with E-state index in [2.05, 4.69) is 0 Å². The van der Waals surface area contributed by atoms with Gasteiger partial charge in [-0.2, -0.15) is 0 Å². The molecule has 0 bridgehead atoms. The van der Waals surface area contributed by atoms with Crippen molar-refractivity contribution in [2.45, 2.75) is 19.6 Å². The molecule has 2 rings (SSSR count). The first-order valence-electron chi connectivity index (χ1n) is 6.02. The van der Waals surface area contributed by atoms with Gasteiger partial charge in [0.05, 0.1) is 18.2 Å². The highest BCUT2D eigenvalue weighted by Gasteiger charge is 2.30. The molecule has 1 N–H and O–H groups in total. The van der Waals surface area contributed by atoms with Crippen LogP contribution in [-0.4, -0.2) is 52.3 Å². The van der Waals surface area contributed by atoms with Gasteiger partial charge < -0.3 is 19.3 Å². The maximum atomic E-state index is 12.4. The Morgan fingerprint density at radius 1 is 1.58 bits per heavy atom. The van der Waals surface area contributed by atoms with Crippen LogP contribution in [0.4, 0.5) is 0 Å². The molecule has 2 heterocycles. The van der Waals surface area contributed by atoms with Gasteiger partial charge in [-0.3, -0.25) is 4.79 Å². The van der Waals surface area contributed by atoms with Crippen LogP contribution < -0.4 is 0 Å². The van der Waals surface area contributed by atoms with Crippen molar-refractivity contribution in [1.29, 1.82) is 0 Å². The molecule has 0 aromatic carbocycles. The van der Waals surface area contributed by atoms with Crippen molar-refractivity contribution in [3.63, 3.8) is 0 Å². The van der Waals surface area contributed by atoms with Crippen molar-refractivity contribution in [2.75, 3.05) is 19.7 Å². The molecule has 104 valence electrons. The number of amides is 1. The zero-order valence-corrected chi connectivity index (χ0v) is 11.3. The molecule has 19 heavy (non-hydrogen) atoms. The standard InChI is InChI=1S/C12H15ClN2O4/c1-2-14-6-8(13)5-9(14)11(16)15-3-4-19-10(7-15)12(17)18/h5-6,10H,2-4,7H2,1H3,(H,17,18). The number of hydrogen-bond acceptors (Lipinski definition) is 3. The lowest BCUT2D eigenvalue weighted by molar-refractivity contribution is -0.154. The molecule has 1 aromatic rings. The Labute approximate surface area is 115 Å². The molecule has 0 radical (unpaired) electrons. The van der Waals surface area contributed by atoms with Crippen LogP contribution in [0.25, 0.3) is 0 Å². The first kappa shape index (κ1) is 13.9. The van der Waals surface area contributed by atoms with Gasteiger partial charge in [0.25, 0.3) is 5.91 Å². The number of aliphatic carboxylic acids is 1. The molecule has 0 aliphatic carbocycles. The smallest absolute Gasteiger partial charge is 0.334 e. The topological polar surface area (TPSA) is 71.8 Å². The van der Waals surface area contributed by atoms with Crippen LogP contribution in [0.5, 0.6) is 0 Å². The Morgan fingerprint density at radius 3 is 2.95 bits per heavy atom.